The standard InChI is InChI=1S/C55H42N2/c1-55(2)50-37-40(30-33-47(50)48-34-32-46(38-51(48)55)56(43-22-12-5-13-23-43)44-24-14-6-15-25-44)29-28-39-31-35-52-49(36-39)53(41-18-8-3-9-19-41)54(42-20-10-4-11-21-42)57(52)45-26-16-7-17-27-45/h3-38H,1-2H3/b29-28+/i28D,29D. The van der Waals surface area contributed by atoms with Crippen molar-refractivity contribution >= 4 is 40.1 Å². The maximum Gasteiger partial charge on any atom is 0.0629 e. The number of nitrogens with zero attached hydrogens (tertiary/aromatic N) is 2. The number of rotatable bonds is 8. The second-order valence-corrected chi connectivity index (χ2v) is 15.2. The fraction of sp³-hybridized carbons (Fsp3) is 0.0545. The van der Waals surface area contributed by atoms with Gasteiger partial charge < -0.3 is 9.47 Å². The Morgan fingerprint density at radius 2 is 0.965 bits per heavy atom. The number of fused-ring (bicyclic) bond motifs is 4. The molecule has 9 aromatic rings. The zero-order chi connectivity index (χ0) is 40.1. The van der Waals surface area contributed by atoms with Crippen molar-refractivity contribution in [3.63, 3.8) is 0 Å². The third kappa shape index (κ3) is 6.07. The van der Waals surface area contributed by atoms with E-state index in [2.05, 4.69) is 199 Å². The Hall–Kier alpha value is -7.16. The van der Waals surface area contributed by atoms with Crippen molar-refractivity contribution in [1.82, 2.24) is 4.57 Å². The van der Waals surface area contributed by atoms with E-state index in [1.165, 1.54) is 22.3 Å². The summed E-state index contributed by atoms with van der Waals surface area (Å²) >= 11 is 0. The van der Waals surface area contributed by atoms with E-state index in [0.717, 1.165) is 61.6 Å². The van der Waals surface area contributed by atoms with Gasteiger partial charge in [0.05, 0.1) is 14.0 Å². The summed E-state index contributed by atoms with van der Waals surface area (Å²) in [5.74, 6) is 0. The van der Waals surface area contributed by atoms with Crippen LogP contribution in [0.5, 0.6) is 0 Å². The molecule has 10 rings (SSSR count). The number of benzene rings is 8. The molecule has 0 unspecified atom stereocenters. The third-order valence-electron chi connectivity index (χ3n) is 11.4. The largest absolute Gasteiger partial charge is 0.310 e. The molecule has 1 aliphatic carbocycles. The molecule has 0 spiro atoms. The molecular weight excluding hydrogens is 689 g/mol. The molecule has 1 heterocycles. The average molecular weight is 733 g/mol. The topological polar surface area (TPSA) is 8.17 Å². The van der Waals surface area contributed by atoms with E-state index < -0.39 is 0 Å². The van der Waals surface area contributed by atoms with Crippen LogP contribution in [0.1, 0.15) is 38.8 Å². The fourth-order valence-corrected chi connectivity index (χ4v) is 8.67. The van der Waals surface area contributed by atoms with Crippen LogP contribution in [0, 0.1) is 0 Å². The Bertz CT molecular complexity index is 2970. The molecule has 8 aromatic carbocycles. The monoisotopic (exact) mass is 732 g/mol. The smallest absolute Gasteiger partial charge is 0.0629 e. The Balaban J connectivity index is 1.08. The van der Waals surface area contributed by atoms with Gasteiger partial charge in [0, 0.05) is 39.1 Å². The lowest BCUT2D eigenvalue weighted by Crippen LogP contribution is -2.16. The highest BCUT2D eigenvalue weighted by atomic mass is 15.1. The van der Waals surface area contributed by atoms with E-state index in [4.69, 9.17) is 0 Å². The molecule has 57 heavy (non-hydrogen) atoms. The van der Waals surface area contributed by atoms with Crippen LogP contribution in [0.3, 0.4) is 0 Å². The van der Waals surface area contributed by atoms with Crippen molar-refractivity contribution in [2.45, 2.75) is 19.3 Å². The number of para-hydroxylation sites is 3. The minimum absolute atomic E-state index is 0.191. The van der Waals surface area contributed by atoms with Gasteiger partial charge >= 0.3 is 0 Å². The molecule has 272 valence electrons. The first-order chi connectivity index (χ1) is 28.9. The van der Waals surface area contributed by atoms with Crippen molar-refractivity contribution in [1.29, 1.82) is 0 Å². The minimum atomic E-state index is -0.324. The first kappa shape index (κ1) is 32.1. The van der Waals surface area contributed by atoms with Crippen LogP contribution in [-0.4, -0.2) is 4.57 Å². The summed E-state index contributed by atoms with van der Waals surface area (Å²) in [7, 11) is 0. The number of hydrogen-bond donors (Lipinski definition) is 0. The molecule has 0 amide bonds. The zero-order valence-corrected chi connectivity index (χ0v) is 32.0. The molecule has 0 bridgehead atoms. The van der Waals surface area contributed by atoms with E-state index in [-0.39, 0.29) is 17.5 Å². The van der Waals surface area contributed by atoms with Gasteiger partial charge in [0.2, 0.25) is 0 Å². The summed E-state index contributed by atoms with van der Waals surface area (Å²) in [5, 5.41) is 1.04. The molecule has 0 saturated heterocycles. The average Bonchev–Trinajstić information content (AvgIpc) is 3.75. The third-order valence-corrected chi connectivity index (χ3v) is 11.4. The van der Waals surface area contributed by atoms with Gasteiger partial charge in [-0.1, -0.05) is 172 Å². The molecule has 0 atom stereocenters. The van der Waals surface area contributed by atoms with Crippen LogP contribution >= 0.6 is 0 Å². The van der Waals surface area contributed by atoms with Crippen molar-refractivity contribution < 1.29 is 2.74 Å². The van der Waals surface area contributed by atoms with Gasteiger partial charge in [0.25, 0.3) is 0 Å². The van der Waals surface area contributed by atoms with E-state index in [1.807, 2.05) is 30.3 Å². The second kappa shape index (κ2) is 14.2. The normalized spacial score (nSPS) is 13.6. The molecule has 0 fully saturated rings. The molecule has 0 N–H and O–H groups in total. The van der Waals surface area contributed by atoms with Crippen LogP contribution in [0.2, 0.25) is 0 Å². The van der Waals surface area contributed by atoms with Crippen LogP contribution in [0.4, 0.5) is 17.1 Å². The van der Waals surface area contributed by atoms with Crippen molar-refractivity contribution in [3.05, 3.63) is 229 Å². The maximum absolute atomic E-state index is 9.54. The van der Waals surface area contributed by atoms with Crippen LogP contribution in [0.15, 0.2) is 206 Å². The Morgan fingerprint density at radius 1 is 0.474 bits per heavy atom. The first-order valence-corrected chi connectivity index (χ1v) is 19.6. The Labute approximate surface area is 338 Å². The first-order valence-electron chi connectivity index (χ1n) is 20.6. The van der Waals surface area contributed by atoms with Crippen LogP contribution in [-0.2, 0) is 5.41 Å². The van der Waals surface area contributed by atoms with Gasteiger partial charge in [-0.2, -0.15) is 0 Å². The lowest BCUT2D eigenvalue weighted by molar-refractivity contribution is 0.660. The highest BCUT2D eigenvalue weighted by molar-refractivity contribution is 6.06. The van der Waals surface area contributed by atoms with Crippen molar-refractivity contribution in [2.24, 2.45) is 0 Å². The summed E-state index contributed by atoms with van der Waals surface area (Å²) in [6.45, 7) is 4.55. The van der Waals surface area contributed by atoms with E-state index in [1.54, 1.807) is 0 Å². The predicted octanol–water partition coefficient (Wildman–Crippen LogP) is 14.9. The fourth-order valence-electron chi connectivity index (χ4n) is 8.67. The number of anilines is 3. The SMILES string of the molecule is [2H]/C(=C(/[2H])c1ccc2c(c1)c(-c1ccccc1)c(-c1ccccc1)n2-c1ccccc1)c1ccc2c(c1)C(C)(C)c1cc(N(c3ccccc3)c3ccccc3)ccc1-2. The van der Waals surface area contributed by atoms with Gasteiger partial charge in [-0.15, -0.1) is 0 Å². The van der Waals surface area contributed by atoms with E-state index in [0.29, 0.717) is 5.56 Å². The molecule has 0 aliphatic heterocycles. The van der Waals surface area contributed by atoms with Gasteiger partial charge in [-0.25, -0.2) is 0 Å². The molecule has 2 heteroatoms. The van der Waals surface area contributed by atoms with E-state index in [9.17, 15) is 2.74 Å². The lowest BCUT2D eigenvalue weighted by atomic mass is 9.81. The highest BCUT2D eigenvalue weighted by Crippen LogP contribution is 2.51. The number of hydrogen-bond acceptors (Lipinski definition) is 1. The Kier molecular flexibility index (Phi) is 7.98. The second-order valence-electron chi connectivity index (χ2n) is 15.2. The summed E-state index contributed by atoms with van der Waals surface area (Å²) < 4.78 is 21.4. The summed E-state index contributed by atoms with van der Waals surface area (Å²) in [4.78, 5) is 2.30. The van der Waals surface area contributed by atoms with Gasteiger partial charge in [0.1, 0.15) is 0 Å². The predicted molar refractivity (Wildman–Crippen MR) is 242 cm³/mol. The number of aromatic nitrogens is 1. The molecule has 1 aliphatic rings. The lowest BCUT2D eigenvalue weighted by Gasteiger charge is -2.28. The molecule has 0 radical (unpaired) electrons. The van der Waals surface area contributed by atoms with Gasteiger partial charge in [0.15, 0.2) is 0 Å². The quantitative estimate of drug-likeness (QED) is 0.141. The maximum atomic E-state index is 9.54. The molecule has 1 aromatic heterocycles. The highest BCUT2D eigenvalue weighted by Gasteiger charge is 2.36. The Morgan fingerprint density at radius 3 is 1.58 bits per heavy atom. The van der Waals surface area contributed by atoms with Crippen molar-refractivity contribution in [3.8, 4) is 39.2 Å². The van der Waals surface area contributed by atoms with E-state index >= 15 is 0 Å². The van der Waals surface area contributed by atoms with Gasteiger partial charge in [-0.3, -0.25) is 0 Å². The summed E-state index contributed by atoms with van der Waals surface area (Å²) in [6.07, 6.45) is 0. The molecule has 0 saturated carbocycles. The summed E-state index contributed by atoms with van der Waals surface area (Å²) in [6, 6.07) is 72.2. The van der Waals surface area contributed by atoms with Crippen LogP contribution in [0.25, 0.3) is 62.2 Å². The molecule has 2 nitrogen and oxygen atoms in total. The minimum Gasteiger partial charge on any atom is -0.310 e. The van der Waals surface area contributed by atoms with Crippen molar-refractivity contribution in [2.75, 3.05) is 4.90 Å². The zero-order valence-electron chi connectivity index (χ0n) is 34.0. The van der Waals surface area contributed by atoms with Crippen LogP contribution < -0.4 is 4.90 Å². The summed E-state index contributed by atoms with van der Waals surface area (Å²) in [5.41, 5.74) is 15.7. The van der Waals surface area contributed by atoms with Gasteiger partial charge in [-0.05, 0) is 105 Å². The molecular formula is C55H42N2.